The summed E-state index contributed by atoms with van der Waals surface area (Å²) in [7, 11) is 0. The number of aliphatic hydroxyl groups excluding tert-OH is 1. The number of rotatable bonds is 6. The molecule has 0 unspecified atom stereocenters. The predicted molar refractivity (Wildman–Crippen MR) is 117 cm³/mol. The molecule has 31 heavy (non-hydrogen) atoms. The maximum Gasteiger partial charge on any atom is 0.322 e. The van der Waals surface area contributed by atoms with Crippen molar-refractivity contribution < 1.29 is 24.2 Å². The average Bonchev–Trinajstić information content (AvgIpc) is 2.76. The lowest BCUT2D eigenvalue weighted by Crippen LogP contribution is -2.43. The molecule has 0 bridgehead atoms. The van der Waals surface area contributed by atoms with Gasteiger partial charge in [-0.3, -0.25) is 14.4 Å². The number of carbonyl (C=O) groups excluding carboxylic acids is 3. The lowest BCUT2D eigenvalue weighted by Gasteiger charge is -2.25. The van der Waals surface area contributed by atoms with Crippen LogP contribution in [-0.2, 0) is 25.7 Å². The Kier molecular flexibility index (Phi) is 10.2. The summed E-state index contributed by atoms with van der Waals surface area (Å²) in [5.41, 5.74) is 6.78. The number of allylic oxidation sites excluding steroid dienone is 2. The molecule has 8 nitrogen and oxygen atoms in total. The molecule has 1 aliphatic rings. The lowest BCUT2D eigenvalue weighted by molar-refractivity contribution is -0.146. The van der Waals surface area contributed by atoms with Gasteiger partial charge in [-0.1, -0.05) is 42.5 Å². The molecule has 0 radical (unpaired) electrons. The van der Waals surface area contributed by atoms with Crippen molar-refractivity contribution in [2.24, 2.45) is 11.7 Å². The third-order valence-electron chi connectivity index (χ3n) is 5.13. The van der Waals surface area contributed by atoms with Crippen molar-refractivity contribution in [2.45, 2.75) is 51.2 Å². The van der Waals surface area contributed by atoms with Crippen LogP contribution in [0.25, 0.3) is 0 Å². The van der Waals surface area contributed by atoms with Crippen molar-refractivity contribution in [3.05, 3.63) is 48.0 Å². The molecule has 1 aromatic rings. The Hall–Kier alpha value is -2.71. The molecule has 3 atom stereocenters. The molecule has 8 heteroatoms. The van der Waals surface area contributed by atoms with Crippen LogP contribution in [0.4, 0.5) is 0 Å². The summed E-state index contributed by atoms with van der Waals surface area (Å²) >= 11 is 0. The molecule has 1 aliphatic heterocycles. The second kappa shape index (κ2) is 12.9. The fourth-order valence-electron chi connectivity index (χ4n) is 3.33. The van der Waals surface area contributed by atoms with Crippen molar-refractivity contribution in [3.8, 4) is 0 Å². The maximum atomic E-state index is 13.0. The van der Waals surface area contributed by atoms with Crippen LogP contribution in [0, 0.1) is 5.92 Å². The highest BCUT2D eigenvalue weighted by Crippen LogP contribution is 2.16. The number of nitrogens with one attached hydrogen (secondary N) is 1. The van der Waals surface area contributed by atoms with E-state index in [9.17, 15) is 19.5 Å². The van der Waals surface area contributed by atoms with E-state index < -0.39 is 24.0 Å². The van der Waals surface area contributed by atoms with E-state index in [1.165, 1.54) is 0 Å². The van der Waals surface area contributed by atoms with E-state index in [-0.39, 0.29) is 38.0 Å². The van der Waals surface area contributed by atoms with Crippen LogP contribution in [0.15, 0.2) is 42.5 Å². The molecule has 0 saturated carbocycles. The van der Waals surface area contributed by atoms with E-state index in [4.69, 9.17) is 10.5 Å². The summed E-state index contributed by atoms with van der Waals surface area (Å²) in [6.45, 7) is 2.17. The third kappa shape index (κ3) is 8.51. The zero-order valence-corrected chi connectivity index (χ0v) is 18.0. The van der Waals surface area contributed by atoms with Gasteiger partial charge in [0.1, 0.15) is 12.6 Å². The molecule has 0 fully saturated rings. The minimum atomic E-state index is -0.698. The number of ether oxygens (including phenoxy) is 1. The SMILES string of the molecule is C[C@H]1COC(=O)[C@@H](N)CC/C=C/C[C@H](CC(=O)N(CCO)Cc2ccccc2)C(=O)N1. The van der Waals surface area contributed by atoms with Gasteiger partial charge in [-0.05, 0) is 31.7 Å². The number of cyclic esters (lactones) is 1. The Morgan fingerprint density at radius 2 is 2.00 bits per heavy atom. The highest BCUT2D eigenvalue weighted by atomic mass is 16.5. The molecule has 4 N–H and O–H groups in total. The van der Waals surface area contributed by atoms with Crippen molar-refractivity contribution in [1.29, 1.82) is 0 Å². The summed E-state index contributed by atoms with van der Waals surface area (Å²) in [4.78, 5) is 39.2. The number of hydrogen-bond donors (Lipinski definition) is 3. The normalized spacial score (nSPS) is 24.0. The molecule has 170 valence electrons. The van der Waals surface area contributed by atoms with Gasteiger partial charge < -0.3 is 25.8 Å². The quantitative estimate of drug-likeness (QED) is 0.458. The number of amides is 2. The molecular formula is C23H33N3O5. The highest BCUT2D eigenvalue weighted by Gasteiger charge is 2.26. The zero-order chi connectivity index (χ0) is 22.6. The lowest BCUT2D eigenvalue weighted by atomic mass is 9.98. The molecule has 1 aromatic carbocycles. The van der Waals surface area contributed by atoms with Gasteiger partial charge in [-0.25, -0.2) is 0 Å². The first-order chi connectivity index (χ1) is 14.9. The molecule has 1 heterocycles. The molecule has 0 aliphatic carbocycles. The number of nitrogens with two attached hydrogens (primary N) is 1. The fraction of sp³-hybridized carbons (Fsp3) is 0.522. The topological polar surface area (TPSA) is 122 Å². The standard InChI is InChI=1S/C23H33N3O5/c1-17-16-31-23(30)20(24)11-7-3-6-10-19(22(29)25-17)14-21(28)26(12-13-27)15-18-8-4-2-5-9-18/h2-6,8-9,17,19-20,27H,7,10-16,24H2,1H3,(H,25,29)/b6-3+/t17-,19+,20-/m0/s1. The van der Waals surface area contributed by atoms with Gasteiger partial charge >= 0.3 is 5.97 Å². The fourth-order valence-corrected chi connectivity index (χ4v) is 3.33. The smallest absolute Gasteiger partial charge is 0.322 e. The predicted octanol–water partition coefficient (Wildman–Crippen LogP) is 1.13. The first kappa shape index (κ1) is 24.6. The van der Waals surface area contributed by atoms with Crippen LogP contribution in [-0.4, -0.2) is 59.6 Å². The average molecular weight is 432 g/mol. The van der Waals surface area contributed by atoms with Gasteiger partial charge in [0.25, 0.3) is 0 Å². The molecule has 2 rings (SSSR count). The van der Waals surface area contributed by atoms with Gasteiger partial charge in [0.15, 0.2) is 0 Å². The van der Waals surface area contributed by atoms with Gasteiger partial charge in [-0.2, -0.15) is 0 Å². The third-order valence-corrected chi connectivity index (χ3v) is 5.13. The Bertz CT molecular complexity index is 753. The minimum absolute atomic E-state index is 0.0228. The Morgan fingerprint density at radius 3 is 2.71 bits per heavy atom. The van der Waals surface area contributed by atoms with Crippen LogP contribution in [0.2, 0.25) is 0 Å². The van der Waals surface area contributed by atoms with Crippen LogP contribution in [0.3, 0.4) is 0 Å². The van der Waals surface area contributed by atoms with Gasteiger partial charge in [0, 0.05) is 19.5 Å². The number of aliphatic hydroxyl groups is 1. The van der Waals surface area contributed by atoms with Crippen LogP contribution >= 0.6 is 0 Å². The molecular weight excluding hydrogens is 398 g/mol. The van der Waals surface area contributed by atoms with Crippen molar-refractivity contribution in [3.63, 3.8) is 0 Å². The Labute approximate surface area is 183 Å². The van der Waals surface area contributed by atoms with Crippen LogP contribution in [0.5, 0.6) is 0 Å². The number of carbonyl (C=O) groups is 3. The second-order valence-corrected chi connectivity index (χ2v) is 7.86. The maximum absolute atomic E-state index is 13.0. The van der Waals surface area contributed by atoms with E-state index in [0.29, 0.717) is 25.8 Å². The minimum Gasteiger partial charge on any atom is -0.462 e. The van der Waals surface area contributed by atoms with E-state index in [1.54, 1.807) is 11.8 Å². The van der Waals surface area contributed by atoms with E-state index in [1.807, 2.05) is 42.5 Å². The zero-order valence-electron chi connectivity index (χ0n) is 18.0. The van der Waals surface area contributed by atoms with Gasteiger partial charge in [0.05, 0.1) is 18.6 Å². The summed E-state index contributed by atoms with van der Waals surface area (Å²) in [5.74, 6) is -1.51. The number of benzene rings is 1. The number of hydrogen-bond acceptors (Lipinski definition) is 6. The number of esters is 1. The van der Waals surface area contributed by atoms with Crippen molar-refractivity contribution >= 4 is 17.8 Å². The van der Waals surface area contributed by atoms with Crippen molar-refractivity contribution in [2.75, 3.05) is 19.8 Å². The van der Waals surface area contributed by atoms with Gasteiger partial charge in [0.2, 0.25) is 11.8 Å². The molecule has 2 amide bonds. The summed E-state index contributed by atoms with van der Waals surface area (Å²) in [5, 5.41) is 12.2. The van der Waals surface area contributed by atoms with Gasteiger partial charge in [-0.15, -0.1) is 0 Å². The first-order valence-electron chi connectivity index (χ1n) is 10.7. The Balaban J connectivity index is 2.08. The van der Waals surface area contributed by atoms with E-state index in [0.717, 1.165) is 5.56 Å². The summed E-state index contributed by atoms with van der Waals surface area (Å²) in [6.07, 6.45) is 5.18. The molecule has 0 saturated heterocycles. The van der Waals surface area contributed by atoms with E-state index >= 15 is 0 Å². The highest BCUT2D eigenvalue weighted by molar-refractivity contribution is 5.86. The molecule has 0 aromatic heterocycles. The second-order valence-electron chi connectivity index (χ2n) is 7.86. The summed E-state index contributed by atoms with van der Waals surface area (Å²) in [6, 6.07) is 8.42. The van der Waals surface area contributed by atoms with E-state index in [2.05, 4.69) is 5.32 Å². The van der Waals surface area contributed by atoms with Crippen LogP contribution < -0.4 is 11.1 Å². The van der Waals surface area contributed by atoms with Crippen molar-refractivity contribution in [1.82, 2.24) is 10.2 Å². The number of nitrogens with zero attached hydrogens (tertiary/aromatic N) is 1. The first-order valence-corrected chi connectivity index (χ1v) is 10.7. The summed E-state index contributed by atoms with van der Waals surface area (Å²) < 4.78 is 5.18. The van der Waals surface area contributed by atoms with Crippen LogP contribution in [0.1, 0.15) is 38.2 Å². The monoisotopic (exact) mass is 431 g/mol. The molecule has 0 spiro atoms. The largest absolute Gasteiger partial charge is 0.462 e. The Morgan fingerprint density at radius 1 is 1.26 bits per heavy atom.